The molecule has 0 aliphatic heterocycles. The Hall–Kier alpha value is -3.22. The number of nitro benzene ring substituents is 1. The molecule has 0 aliphatic rings. The molecule has 0 unspecified atom stereocenters. The Morgan fingerprint density at radius 3 is 2.21 bits per heavy atom. The van der Waals surface area contributed by atoms with Gasteiger partial charge in [-0.05, 0) is 24.3 Å². The minimum absolute atomic E-state index is 0.00816. The minimum atomic E-state index is -0.605. The highest BCUT2D eigenvalue weighted by molar-refractivity contribution is 6.42. The number of halogens is 2. The van der Waals surface area contributed by atoms with Gasteiger partial charge < -0.3 is 5.32 Å². The van der Waals surface area contributed by atoms with Gasteiger partial charge in [0.15, 0.2) is 5.78 Å². The largest absolute Gasteiger partial charge is 0.321 e. The summed E-state index contributed by atoms with van der Waals surface area (Å²) in [5.74, 6) is -0.983. The van der Waals surface area contributed by atoms with E-state index in [4.69, 9.17) is 23.2 Å². The van der Waals surface area contributed by atoms with E-state index in [2.05, 4.69) is 5.32 Å². The number of non-ortho nitro benzene ring substituents is 1. The summed E-state index contributed by atoms with van der Waals surface area (Å²) in [6.45, 7) is 0. The normalized spacial score (nSPS) is 10.4. The topological polar surface area (TPSA) is 89.3 Å². The first-order valence-electron chi connectivity index (χ1n) is 8.01. The van der Waals surface area contributed by atoms with Crippen LogP contribution in [0.3, 0.4) is 0 Å². The SMILES string of the molecule is O=C(Nc1ccc([N+](=O)[O-])cc1C(=O)c1ccccc1)c1ccc(Cl)c(Cl)c1. The second-order valence-electron chi connectivity index (χ2n) is 5.77. The molecule has 0 saturated carbocycles. The maximum atomic E-state index is 12.8. The Bertz CT molecular complexity index is 1080. The average molecular weight is 415 g/mol. The van der Waals surface area contributed by atoms with Crippen molar-refractivity contribution in [3.63, 3.8) is 0 Å². The maximum absolute atomic E-state index is 12.8. The van der Waals surface area contributed by atoms with E-state index in [-0.39, 0.29) is 27.5 Å². The van der Waals surface area contributed by atoms with Crippen LogP contribution in [-0.2, 0) is 0 Å². The summed E-state index contributed by atoms with van der Waals surface area (Å²) in [7, 11) is 0. The number of carbonyl (C=O) groups is 2. The molecule has 0 heterocycles. The first-order valence-corrected chi connectivity index (χ1v) is 8.77. The van der Waals surface area contributed by atoms with Crippen molar-refractivity contribution in [3.8, 4) is 0 Å². The number of hydrogen-bond donors (Lipinski definition) is 1. The molecule has 28 heavy (non-hydrogen) atoms. The van der Waals surface area contributed by atoms with Gasteiger partial charge in [-0.15, -0.1) is 0 Å². The van der Waals surface area contributed by atoms with Crippen LogP contribution in [0.25, 0.3) is 0 Å². The number of carbonyl (C=O) groups excluding carboxylic acids is 2. The Morgan fingerprint density at radius 1 is 0.857 bits per heavy atom. The van der Waals surface area contributed by atoms with E-state index in [0.717, 1.165) is 6.07 Å². The number of rotatable bonds is 5. The van der Waals surface area contributed by atoms with Crippen LogP contribution in [0.1, 0.15) is 26.3 Å². The van der Waals surface area contributed by atoms with E-state index in [9.17, 15) is 19.7 Å². The van der Waals surface area contributed by atoms with Gasteiger partial charge in [0, 0.05) is 23.3 Å². The molecule has 0 aromatic heterocycles. The Morgan fingerprint density at radius 2 is 1.57 bits per heavy atom. The number of hydrogen-bond acceptors (Lipinski definition) is 4. The Labute approximate surface area is 169 Å². The quantitative estimate of drug-likeness (QED) is 0.344. The van der Waals surface area contributed by atoms with E-state index in [1.807, 2.05) is 0 Å². The fraction of sp³-hybridized carbons (Fsp3) is 0. The van der Waals surface area contributed by atoms with Crippen LogP contribution in [-0.4, -0.2) is 16.6 Å². The van der Waals surface area contributed by atoms with Gasteiger partial charge in [-0.3, -0.25) is 19.7 Å². The molecule has 140 valence electrons. The Kier molecular flexibility index (Phi) is 5.73. The van der Waals surface area contributed by atoms with E-state index < -0.39 is 16.6 Å². The first kappa shape index (κ1) is 19.5. The van der Waals surface area contributed by atoms with Gasteiger partial charge in [0.1, 0.15) is 0 Å². The molecule has 3 aromatic carbocycles. The van der Waals surface area contributed by atoms with Gasteiger partial charge >= 0.3 is 0 Å². The van der Waals surface area contributed by atoms with Crippen LogP contribution >= 0.6 is 23.2 Å². The van der Waals surface area contributed by atoms with Crippen LogP contribution in [0.2, 0.25) is 10.0 Å². The number of ketones is 1. The molecule has 6 nitrogen and oxygen atoms in total. The van der Waals surface area contributed by atoms with Crippen LogP contribution in [0, 0.1) is 10.1 Å². The lowest BCUT2D eigenvalue weighted by Gasteiger charge is -2.11. The molecular weight excluding hydrogens is 403 g/mol. The monoisotopic (exact) mass is 414 g/mol. The molecule has 0 aliphatic carbocycles. The molecule has 0 atom stereocenters. The van der Waals surface area contributed by atoms with Gasteiger partial charge in [0.25, 0.3) is 11.6 Å². The third-order valence-corrected chi connectivity index (χ3v) is 4.66. The summed E-state index contributed by atoms with van der Waals surface area (Å²) in [4.78, 5) is 35.9. The van der Waals surface area contributed by atoms with Crippen molar-refractivity contribution < 1.29 is 14.5 Å². The number of amides is 1. The zero-order valence-electron chi connectivity index (χ0n) is 14.2. The van der Waals surface area contributed by atoms with Crippen molar-refractivity contribution in [2.45, 2.75) is 0 Å². The molecule has 3 rings (SSSR count). The number of nitrogens with one attached hydrogen (secondary N) is 1. The van der Waals surface area contributed by atoms with Crippen molar-refractivity contribution >= 4 is 46.3 Å². The molecule has 8 heteroatoms. The molecule has 0 spiro atoms. The molecule has 1 N–H and O–H groups in total. The third-order valence-electron chi connectivity index (χ3n) is 3.92. The van der Waals surface area contributed by atoms with Gasteiger partial charge in [-0.25, -0.2) is 0 Å². The minimum Gasteiger partial charge on any atom is -0.321 e. The molecule has 0 fully saturated rings. The van der Waals surface area contributed by atoms with E-state index >= 15 is 0 Å². The van der Waals surface area contributed by atoms with E-state index in [1.165, 1.54) is 30.3 Å². The average Bonchev–Trinajstić information content (AvgIpc) is 2.70. The summed E-state index contributed by atoms with van der Waals surface area (Å²) in [6, 6.07) is 16.3. The summed E-state index contributed by atoms with van der Waals surface area (Å²) >= 11 is 11.8. The summed E-state index contributed by atoms with van der Waals surface area (Å²) in [5.41, 5.74) is 0.468. The predicted molar refractivity (Wildman–Crippen MR) is 107 cm³/mol. The van der Waals surface area contributed by atoms with Crippen molar-refractivity contribution in [3.05, 3.63) is 104 Å². The van der Waals surface area contributed by atoms with E-state index in [0.29, 0.717) is 10.6 Å². The third kappa shape index (κ3) is 4.19. The highest BCUT2D eigenvalue weighted by Gasteiger charge is 2.20. The lowest BCUT2D eigenvalue weighted by Crippen LogP contribution is -2.15. The standard InChI is InChI=1S/C20H12Cl2N2O4/c21-16-8-6-13(10-17(16)22)20(26)23-18-9-7-14(24(27)28)11-15(18)19(25)12-4-2-1-3-5-12/h1-11H,(H,23,26). The van der Waals surface area contributed by atoms with Crippen LogP contribution in [0.5, 0.6) is 0 Å². The predicted octanol–water partition coefficient (Wildman–Crippen LogP) is 5.38. The lowest BCUT2D eigenvalue weighted by molar-refractivity contribution is -0.384. The van der Waals surface area contributed by atoms with Crippen LogP contribution in [0.4, 0.5) is 11.4 Å². The number of nitrogens with zero attached hydrogens (tertiary/aromatic N) is 1. The molecule has 0 radical (unpaired) electrons. The molecule has 1 amide bonds. The summed E-state index contributed by atoms with van der Waals surface area (Å²) < 4.78 is 0. The summed E-state index contributed by atoms with van der Waals surface area (Å²) in [5, 5.41) is 14.2. The smallest absolute Gasteiger partial charge is 0.270 e. The van der Waals surface area contributed by atoms with Crippen molar-refractivity contribution in [2.75, 3.05) is 5.32 Å². The lowest BCUT2D eigenvalue weighted by atomic mass is 10.0. The zero-order chi connectivity index (χ0) is 20.3. The zero-order valence-corrected chi connectivity index (χ0v) is 15.7. The highest BCUT2D eigenvalue weighted by Crippen LogP contribution is 2.27. The van der Waals surface area contributed by atoms with Gasteiger partial charge in [0.05, 0.1) is 26.2 Å². The first-order chi connectivity index (χ1) is 13.4. The molecule has 0 bridgehead atoms. The second kappa shape index (κ2) is 8.21. The van der Waals surface area contributed by atoms with Crippen molar-refractivity contribution in [1.29, 1.82) is 0 Å². The molecular formula is C20H12Cl2N2O4. The van der Waals surface area contributed by atoms with Crippen molar-refractivity contribution in [1.82, 2.24) is 0 Å². The molecule has 3 aromatic rings. The Balaban J connectivity index is 2.00. The van der Waals surface area contributed by atoms with Crippen molar-refractivity contribution in [2.24, 2.45) is 0 Å². The highest BCUT2D eigenvalue weighted by atomic mass is 35.5. The molecule has 0 saturated heterocycles. The van der Waals surface area contributed by atoms with Gasteiger partial charge in [0.2, 0.25) is 0 Å². The van der Waals surface area contributed by atoms with Crippen LogP contribution < -0.4 is 5.32 Å². The maximum Gasteiger partial charge on any atom is 0.270 e. The van der Waals surface area contributed by atoms with Crippen LogP contribution in [0.15, 0.2) is 66.7 Å². The number of anilines is 1. The van der Waals surface area contributed by atoms with Gasteiger partial charge in [-0.2, -0.15) is 0 Å². The van der Waals surface area contributed by atoms with E-state index in [1.54, 1.807) is 30.3 Å². The number of nitro groups is 1. The summed E-state index contributed by atoms with van der Waals surface area (Å²) in [6.07, 6.45) is 0. The second-order valence-corrected chi connectivity index (χ2v) is 6.58. The number of benzene rings is 3. The fourth-order valence-electron chi connectivity index (χ4n) is 2.52. The van der Waals surface area contributed by atoms with Gasteiger partial charge in [-0.1, -0.05) is 53.5 Å². The fourth-order valence-corrected chi connectivity index (χ4v) is 2.82.